The molecule has 1 aliphatic carbocycles. The van der Waals surface area contributed by atoms with Gasteiger partial charge in [-0.05, 0) is 59.4 Å². The van der Waals surface area contributed by atoms with Crippen molar-refractivity contribution >= 4 is 6.09 Å². The molecule has 0 saturated carbocycles. The monoisotopic (exact) mass is 665 g/mol. The van der Waals surface area contributed by atoms with Gasteiger partial charge in [0.25, 0.3) is 0 Å². The van der Waals surface area contributed by atoms with E-state index in [1.807, 2.05) is 36.4 Å². The number of methoxy groups -OCH3 is 1. The van der Waals surface area contributed by atoms with Crippen molar-refractivity contribution in [3.8, 4) is 34.8 Å². The molecule has 3 saturated heterocycles. The fraction of sp³-hybridized carbons (Fsp3) is 0.514. The third-order valence-electron chi connectivity index (χ3n) is 9.91. The van der Waals surface area contributed by atoms with E-state index in [0.717, 1.165) is 22.3 Å². The number of hydrogen-bond acceptors (Lipinski definition) is 12. The Morgan fingerprint density at radius 2 is 1.19 bits per heavy atom. The number of rotatable bonds is 2. The normalized spacial score (nSPS) is 33.5. The minimum atomic E-state index is -1.54. The lowest BCUT2D eigenvalue weighted by atomic mass is 9.70. The highest BCUT2D eigenvalue weighted by Crippen LogP contribution is 2.54. The topological polar surface area (TPSA) is 210 Å². The maximum Gasteiger partial charge on any atom is 0.409 e. The van der Waals surface area contributed by atoms with Gasteiger partial charge < -0.3 is 60.0 Å². The zero-order valence-corrected chi connectivity index (χ0v) is 26.1. The summed E-state index contributed by atoms with van der Waals surface area (Å²) in [4.78, 5) is 14.0. The molecule has 4 aliphatic rings. The van der Waals surface area contributed by atoms with Crippen molar-refractivity contribution < 1.29 is 59.9 Å². The van der Waals surface area contributed by atoms with E-state index in [2.05, 4.69) is 23.7 Å². The molecule has 2 aromatic carbocycles. The first-order valence-corrected chi connectivity index (χ1v) is 15.8. The van der Waals surface area contributed by atoms with Gasteiger partial charge in [-0.2, -0.15) is 0 Å². The van der Waals surface area contributed by atoms with E-state index >= 15 is 0 Å². The maximum absolute atomic E-state index is 12.4. The predicted octanol–water partition coefficient (Wildman–Crippen LogP) is -1.80. The Balaban J connectivity index is 1.34. The van der Waals surface area contributed by atoms with Crippen LogP contribution < -0.4 is 0 Å². The van der Waals surface area contributed by atoms with Crippen molar-refractivity contribution in [3.63, 3.8) is 0 Å². The molecule has 10 atom stereocenters. The average molecular weight is 666 g/mol. The number of fused-ring (bicyclic) bond motifs is 5. The van der Waals surface area contributed by atoms with Crippen LogP contribution in [-0.2, 0) is 19.6 Å². The quantitative estimate of drug-likeness (QED) is 0.167. The van der Waals surface area contributed by atoms with Crippen LogP contribution in [0.1, 0.15) is 35.1 Å². The van der Waals surface area contributed by atoms with Crippen LogP contribution in [0.5, 0.6) is 0 Å². The smallest absolute Gasteiger partial charge is 0.409 e. The van der Waals surface area contributed by atoms with Crippen LogP contribution in [0.15, 0.2) is 36.4 Å². The zero-order chi connectivity index (χ0) is 34.3. The first-order chi connectivity index (χ1) is 23.0. The second-order valence-electron chi connectivity index (χ2n) is 12.6. The van der Waals surface area contributed by atoms with Crippen molar-refractivity contribution in [2.45, 2.75) is 79.3 Å². The van der Waals surface area contributed by atoms with E-state index in [1.165, 1.54) is 7.11 Å². The first-order valence-electron chi connectivity index (χ1n) is 15.8. The summed E-state index contributed by atoms with van der Waals surface area (Å²) >= 11 is 0. The molecule has 48 heavy (non-hydrogen) atoms. The van der Waals surface area contributed by atoms with Crippen molar-refractivity contribution in [1.29, 1.82) is 0 Å². The third kappa shape index (κ3) is 5.97. The number of piperidine rings is 1. The Hall–Kier alpha value is -3.57. The molecular weight excluding hydrogens is 626 g/mol. The summed E-state index contributed by atoms with van der Waals surface area (Å²) in [6, 6.07) is 11.5. The molecule has 1 amide bonds. The van der Waals surface area contributed by atoms with Crippen LogP contribution in [0.2, 0.25) is 0 Å². The maximum atomic E-state index is 12.4. The fourth-order valence-corrected chi connectivity index (χ4v) is 7.14. The molecule has 0 unspecified atom stereocenters. The molecule has 2 aromatic rings. The van der Waals surface area contributed by atoms with E-state index < -0.39 is 85.8 Å². The Bertz CT molecular complexity index is 1540. The molecule has 1 spiro atoms. The van der Waals surface area contributed by atoms with E-state index in [-0.39, 0.29) is 0 Å². The number of amides is 1. The van der Waals surface area contributed by atoms with E-state index in [9.17, 15) is 45.6 Å². The SMILES string of the molecule is COC(=O)N1CCC2(CC1)c1cc(C#C[C@H]3O[C@H](CO)[C@@H](O)[C@H](O)[C@@H]3O)ccc1-c1ccc(C#C[C@H]3O[C@H](CO)[C@@H](O)[C@H](O)[C@@H]3O)cc12. The standard InChI is InChI=1S/C35H39NO12/c1-46-34(45)36-12-10-35(11-13-36)22-14-18(4-8-24-28(39)32(43)30(41)26(16-37)47-24)2-6-20(22)21-7-3-19(15-23(21)35)5-9-25-29(40)33(44)31(42)27(17-38)48-25/h2-3,6-7,14-15,24-33,37-44H,10-13,16-17H2,1H3/t24-,25-,26-,27-,28-,29-,30-,31-,32-,33-/m1/s1. The van der Waals surface area contributed by atoms with Gasteiger partial charge in [0.2, 0.25) is 0 Å². The molecule has 13 nitrogen and oxygen atoms in total. The van der Waals surface area contributed by atoms with Crippen molar-refractivity contribution in [3.05, 3.63) is 58.7 Å². The molecule has 13 heteroatoms. The summed E-state index contributed by atoms with van der Waals surface area (Å²) in [5.74, 6) is 11.7. The van der Waals surface area contributed by atoms with E-state index in [1.54, 1.807) is 4.90 Å². The predicted molar refractivity (Wildman–Crippen MR) is 167 cm³/mol. The molecule has 0 bridgehead atoms. The number of hydrogen-bond donors (Lipinski definition) is 8. The van der Waals surface area contributed by atoms with E-state index in [0.29, 0.717) is 37.1 Å². The van der Waals surface area contributed by atoms with Gasteiger partial charge in [0.15, 0.2) is 0 Å². The highest BCUT2D eigenvalue weighted by Gasteiger charge is 2.47. The van der Waals surface area contributed by atoms with Crippen LogP contribution >= 0.6 is 0 Å². The summed E-state index contributed by atoms with van der Waals surface area (Å²) < 4.78 is 16.1. The summed E-state index contributed by atoms with van der Waals surface area (Å²) in [6.07, 6.45) is -12.7. The van der Waals surface area contributed by atoms with Crippen molar-refractivity contribution in [2.75, 3.05) is 33.4 Å². The second kappa shape index (κ2) is 13.7. The first kappa shape index (κ1) is 34.3. The van der Waals surface area contributed by atoms with Gasteiger partial charge in [0, 0.05) is 29.6 Å². The number of carbonyl (C=O) groups is 1. The van der Waals surface area contributed by atoms with Gasteiger partial charge in [-0.25, -0.2) is 4.79 Å². The lowest BCUT2D eigenvalue weighted by Crippen LogP contribution is -2.58. The number of aliphatic hydroxyl groups excluding tert-OH is 8. The molecule has 256 valence electrons. The molecule has 6 rings (SSSR count). The number of ether oxygens (including phenoxy) is 3. The molecule has 8 N–H and O–H groups in total. The average Bonchev–Trinajstić information content (AvgIpc) is 3.36. The third-order valence-corrected chi connectivity index (χ3v) is 9.91. The summed E-state index contributed by atoms with van der Waals surface area (Å²) in [5, 5.41) is 80.5. The molecule has 0 radical (unpaired) electrons. The summed E-state index contributed by atoms with van der Waals surface area (Å²) in [6.45, 7) is -0.263. The minimum absolute atomic E-state index is 0.415. The van der Waals surface area contributed by atoms with Crippen LogP contribution in [0, 0.1) is 23.7 Å². The van der Waals surface area contributed by atoms with Gasteiger partial charge in [-0.3, -0.25) is 0 Å². The minimum Gasteiger partial charge on any atom is -0.453 e. The largest absolute Gasteiger partial charge is 0.453 e. The van der Waals surface area contributed by atoms with Crippen LogP contribution in [0.25, 0.3) is 11.1 Å². The lowest BCUT2D eigenvalue weighted by molar-refractivity contribution is -0.214. The van der Waals surface area contributed by atoms with Crippen LogP contribution in [0.3, 0.4) is 0 Å². The molecular formula is C35H39NO12. The summed E-state index contributed by atoms with van der Waals surface area (Å²) in [7, 11) is 1.34. The number of likely N-dealkylation sites (tertiary alicyclic amines) is 1. The number of aliphatic hydroxyl groups is 8. The fourth-order valence-electron chi connectivity index (χ4n) is 7.14. The molecule has 0 aromatic heterocycles. The van der Waals surface area contributed by atoms with Crippen LogP contribution in [-0.4, -0.2) is 146 Å². The zero-order valence-electron chi connectivity index (χ0n) is 26.1. The molecule has 3 fully saturated rings. The highest BCUT2D eigenvalue weighted by molar-refractivity contribution is 5.83. The van der Waals surface area contributed by atoms with Crippen LogP contribution in [0.4, 0.5) is 4.79 Å². The number of benzene rings is 2. The number of carbonyl (C=O) groups excluding carboxylic acids is 1. The Kier molecular flexibility index (Phi) is 9.82. The Morgan fingerprint density at radius 3 is 1.58 bits per heavy atom. The number of nitrogens with zero attached hydrogens (tertiary/aromatic N) is 1. The van der Waals surface area contributed by atoms with Crippen molar-refractivity contribution in [2.24, 2.45) is 0 Å². The summed E-state index contributed by atoms with van der Waals surface area (Å²) in [5.41, 5.74) is 4.61. The van der Waals surface area contributed by atoms with Gasteiger partial charge >= 0.3 is 6.09 Å². The Labute approximate surface area is 276 Å². The lowest BCUT2D eigenvalue weighted by Gasteiger charge is -2.40. The van der Waals surface area contributed by atoms with Gasteiger partial charge in [-0.1, -0.05) is 35.8 Å². The van der Waals surface area contributed by atoms with Gasteiger partial charge in [-0.15, -0.1) is 0 Å². The van der Waals surface area contributed by atoms with Gasteiger partial charge in [0.1, 0.15) is 61.0 Å². The van der Waals surface area contributed by atoms with Crippen molar-refractivity contribution in [1.82, 2.24) is 4.90 Å². The molecule has 3 heterocycles. The van der Waals surface area contributed by atoms with E-state index in [4.69, 9.17) is 14.2 Å². The highest BCUT2D eigenvalue weighted by atomic mass is 16.6. The Morgan fingerprint density at radius 1 is 0.750 bits per heavy atom. The van der Waals surface area contributed by atoms with Gasteiger partial charge in [0.05, 0.1) is 20.3 Å². The molecule has 3 aliphatic heterocycles. The second-order valence-corrected chi connectivity index (χ2v) is 12.6.